The predicted octanol–water partition coefficient (Wildman–Crippen LogP) is 2.97. The van der Waals surface area contributed by atoms with Gasteiger partial charge in [0.2, 0.25) is 0 Å². The highest BCUT2D eigenvalue weighted by atomic mass is 16.5. The maximum atomic E-state index is 12.6. The minimum Gasteiger partial charge on any atom is -0.495 e. The first kappa shape index (κ1) is 15.4. The predicted molar refractivity (Wildman–Crippen MR) is 92.3 cm³/mol. The van der Waals surface area contributed by atoms with E-state index in [0.717, 1.165) is 48.7 Å². The molecular weight excluding hydrogens is 288 g/mol. The number of nitrogens with zero attached hydrogens (tertiary/aromatic N) is 2. The summed E-state index contributed by atoms with van der Waals surface area (Å²) in [6.45, 7) is 5.10. The Morgan fingerprint density at radius 2 is 1.74 bits per heavy atom. The van der Waals surface area contributed by atoms with Gasteiger partial charge in [-0.3, -0.25) is 4.79 Å². The quantitative estimate of drug-likeness (QED) is 0.874. The number of ether oxygens (including phenoxy) is 1. The van der Waals surface area contributed by atoms with Crippen LogP contribution in [-0.4, -0.2) is 44.1 Å². The average Bonchev–Trinajstić information content (AvgIpc) is 2.61. The molecule has 3 rings (SSSR count). The van der Waals surface area contributed by atoms with E-state index in [-0.39, 0.29) is 5.91 Å². The highest BCUT2D eigenvalue weighted by Gasteiger charge is 2.23. The lowest BCUT2D eigenvalue weighted by molar-refractivity contribution is 0.0746. The second-order valence-electron chi connectivity index (χ2n) is 5.82. The minimum absolute atomic E-state index is 0.119. The van der Waals surface area contributed by atoms with Crippen LogP contribution >= 0.6 is 0 Å². The summed E-state index contributed by atoms with van der Waals surface area (Å²) >= 11 is 0. The number of methoxy groups -OCH3 is 1. The van der Waals surface area contributed by atoms with Crippen molar-refractivity contribution in [3.05, 3.63) is 59.7 Å². The fourth-order valence-corrected chi connectivity index (χ4v) is 3.00. The molecule has 0 bridgehead atoms. The Kier molecular flexibility index (Phi) is 4.51. The summed E-state index contributed by atoms with van der Waals surface area (Å²) < 4.78 is 5.43. The third-order valence-electron chi connectivity index (χ3n) is 4.26. The normalized spacial score (nSPS) is 14.7. The van der Waals surface area contributed by atoms with E-state index >= 15 is 0 Å². The first-order valence-corrected chi connectivity index (χ1v) is 7.93. The molecule has 2 aromatic carbocycles. The van der Waals surface area contributed by atoms with Crippen molar-refractivity contribution >= 4 is 11.6 Å². The van der Waals surface area contributed by atoms with Gasteiger partial charge in [-0.05, 0) is 31.2 Å². The van der Waals surface area contributed by atoms with Gasteiger partial charge in [0.1, 0.15) is 5.75 Å². The maximum Gasteiger partial charge on any atom is 0.253 e. The van der Waals surface area contributed by atoms with Crippen molar-refractivity contribution in [3.63, 3.8) is 0 Å². The number of carbonyl (C=O) groups excluding carboxylic acids is 1. The topological polar surface area (TPSA) is 32.8 Å². The number of anilines is 1. The van der Waals surface area contributed by atoms with Gasteiger partial charge in [-0.25, -0.2) is 0 Å². The van der Waals surface area contributed by atoms with Gasteiger partial charge in [0, 0.05) is 31.7 Å². The number of piperazine rings is 1. The molecule has 0 aromatic heterocycles. The van der Waals surface area contributed by atoms with Gasteiger partial charge >= 0.3 is 0 Å². The van der Waals surface area contributed by atoms with E-state index in [9.17, 15) is 4.79 Å². The molecule has 0 saturated carbocycles. The van der Waals surface area contributed by atoms with Gasteiger partial charge in [-0.15, -0.1) is 0 Å². The van der Waals surface area contributed by atoms with Crippen LogP contribution in [0.3, 0.4) is 0 Å². The first-order valence-electron chi connectivity index (χ1n) is 7.93. The number of benzene rings is 2. The van der Waals surface area contributed by atoms with Crippen molar-refractivity contribution in [1.29, 1.82) is 0 Å². The van der Waals surface area contributed by atoms with Crippen LogP contribution < -0.4 is 9.64 Å². The maximum absolute atomic E-state index is 12.6. The van der Waals surface area contributed by atoms with Gasteiger partial charge in [0.15, 0.2) is 0 Å². The van der Waals surface area contributed by atoms with Crippen molar-refractivity contribution in [3.8, 4) is 5.75 Å². The molecule has 23 heavy (non-hydrogen) atoms. The number of hydrogen-bond donors (Lipinski definition) is 0. The highest BCUT2D eigenvalue weighted by molar-refractivity contribution is 5.94. The van der Waals surface area contributed by atoms with Crippen LogP contribution in [0.15, 0.2) is 48.5 Å². The number of aryl methyl sites for hydroxylation is 1. The largest absolute Gasteiger partial charge is 0.495 e. The fourth-order valence-electron chi connectivity index (χ4n) is 3.00. The van der Waals surface area contributed by atoms with Crippen LogP contribution in [0.2, 0.25) is 0 Å². The Hall–Kier alpha value is -2.49. The number of carbonyl (C=O) groups is 1. The lowest BCUT2D eigenvalue weighted by atomic mass is 10.1. The Morgan fingerprint density at radius 3 is 2.43 bits per heavy atom. The highest BCUT2D eigenvalue weighted by Crippen LogP contribution is 2.28. The smallest absolute Gasteiger partial charge is 0.253 e. The van der Waals surface area contributed by atoms with Crippen LogP contribution in [-0.2, 0) is 0 Å². The summed E-state index contributed by atoms with van der Waals surface area (Å²) in [5, 5.41) is 0. The molecule has 120 valence electrons. The van der Waals surface area contributed by atoms with E-state index in [4.69, 9.17) is 4.74 Å². The second kappa shape index (κ2) is 6.73. The summed E-state index contributed by atoms with van der Waals surface area (Å²) in [5.74, 6) is 0.999. The van der Waals surface area contributed by atoms with Gasteiger partial charge in [0.05, 0.1) is 12.8 Å². The average molecular weight is 310 g/mol. The van der Waals surface area contributed by atoms with Crippen molar-refractivity contribution < 1.29 is 9.53 Å². The molecule has 1 fully saturated rings. The van der Waals surface area contributed by atoms with Crippen LogP contribution in [0.1, 0.15) is 15.9 Å². The first-order chi connectivity index (χ1) is 11.2. The van der Waals surface area contributed by atoms with E-state index in [2.05, 4.69) is 11.0 Å². The van der Waals surface area contributed by atoms with Gasteiger partial charge in [-0.1, -0.05) is 29.8 Å². The van der Waals surface area contributed by atoms with E-state index in [1.165, 1.54) is 0 Å². The molecule has 0 atom stereocenters. The van der Waals surface area contributed by atoms with Gasteiger partial charge < -0.3 is 14.5 Å². The number of para-hydroxylation sites is 2. The molecule has 1 aliphatic rings. The number of hydrogen-bond acceptors (Lipinski definition) is 3. The van der Waals surface area contributed by atoms with Crippen molar-refractivity contribution in [2.45, 2.75) is 6.92 Å². The molecule has 0 N–H and O–H groups in total. The Labute approximate surface area is 137 Å². The zero-order valence-electron chi connectivity index (χ0n) is 13.7. The monoisotopic (exact) mass is 310 g/mol. The summed E-state index contributed by atoms with van der Waals surface area (Å²) in [7, 11) is 1.69. The van der Waals surface area contributed by atoms with Crippen molar-refractivity contribution in [2.24, 2.45) is 0 Å². The third-order valence-corrected chi connectivity index (χ3v) is 4.26. The standard InChI is InChI=1S/C19H22N2O2/c1-15-6-5-7-16(14-15)19(22)21-12-10-20(11-13-21)17-8-3-4-9-18(17)23-2/h3-9,14H,10-13H2,1-2H3. The molecule has 4 heteroatoms. The lowest BCUT2D eigenvalue weighted by Gasteiger charge is -2.36. The fraction of sp³-hybridized carbons (Fsp3) is 0.316. The Balaban J connectivity index is 1.67. The molecule has 2 aromatic rings. The molecular formula is C19H22N2O2. The molecule has 0 aliphatic carbocycles. The van der Waals surface area contributed by atoms with Crippen LogP contribution in [0.25, 0.3) is 0 Å². The van der Waals surface area contributed by atoms with Crippen LogP contribution in [0, 0.1) is 6.92 Å². The van der Waals surface area contributed by atoms with Crippen LogP contribution in [0.5, 0.6) is 5.75 Å². The van der Waals surface area contributed by atoms with Gasteiger partial charge in [-0.2, -0.15) is 0 Å². The molecule has 1 saturated heterocycles. The van der Waals surface area contributed by atoms with Gasteiger partial charge in [0.25, 0.3) is 5.91 Å². The van der Waals surface area contributed by atoms with Crippen molar-refractivity contribution in [2.75, 3.05) is 38.2 Å². The summed E-state index contributed by atoms with van der Waals surface area (Å²) in [6.07, 6.45) is 0. The molecule has 0 spiro atoms. The Morgan fingerprint density at radius 1 is 1.00 bits per heavy atom. The number of rotatable bonds is 3. The summed E-state index contributed by atoms with van der Waals surface area (Å²) in [4.78, 5) is 16.8. The second-order valence-corrected chi connectivity index (χ2v) is 5.82. The lowest BCUT2D eigenvalue weighted by Crippen LogP contribution is -2.48. The minimum atomic E-state index is 0.119. The molecule has 1 heterocycles. The van der Waals surface area contributed by atoms with Crippen LogP contribution in [0.4, 0.5) is 5.69 Å². The zero-order chi connectivity index (χ0) is 16.2. The molecule has 0 unspecified atom stereocenters. The molecule has 1 amide bonds. The van der Waals surface area contributed by atoms with E-state index in [1.807, 2.05) is 54.3 Å². The summed E-state index contributed by atoms with van der Waals surface area (Å²) in [5.41, 5.74) is 2.98. The van der Waals surface area contributed by atoms with Crippen molar-refractivity contribution in [1.82, 2.24) is 4.90 Å². The molecule has 4 nitrogen and oxygen atoms in total. The van der Waals surface area contributed by atoms with E-state index in [1.54, 1.807) is 7.11 Å². The third kappa shape index (κ3) is 3.31. The zero-order valence-corrected chi connectivity index (χ0v) is 13.7. The molecule has 0 radical (unpaired) electrons. The number of amides is 1. The Bertz CT molecular complexity index is 691. The molecule has 1 aliphatic heterocycles. The SMILES string of the molecule is COc1ccccc1N1CCN(C(=O)c2cccc(C)c2)CC1. The van der Waals surface area contributed by atoms with E-state index in [0.29, 0.717) is 0 Å². The summed E-state index contributed by atoms with van der Waals surface area (Å²) in [6, 6.07) is 15.8. The van der Waals surface area contributed by atoms with E-state index < -0.39 is 0 Å².